The average molecular weight is 285 g/mol. The van der Waals surface area contributed by atoms with Crippen LogP contribution >= 0.6 is 0 Å². The summed E-state index contributed by atoms with van der Waals surface area (Å²) in [6.45, 7) is 4.67. The maximum Gasteiger partial charge on any atom is 0.224 e. The van der Waals surface area contributed by atoms with Gasteiger partial charge >= 0.3 is 0 Å². The summed E-state index contributed by atoms with van der Waals surface area (Å²) in [7, 11) is 0. The van der Waals surface area contributed by atoms with E-state index in [-0.39, 0.29) is 23.6 Å². The first-order chi connectivity index (χ1) is 9.99. The van der Waals surface area contributed by atoms with Gasteiger partial charge < -0.3 is 5.32 Å². The predicted molar refractivity (Wildman–Crippen MR) is 82.6 cm³/mol. The minimum Gasteiger partial charge on any atom is -0.355 e. The maximum atomic E-state index is 13.5. The molecule has 1 N–H and O–H groups in total. The summed E-state index contributed by atoms with van der Waals surface area (Å²) in [4.78, 5) is 12.0. The molecule has 0 bridgehead atoms. The Balaban J connectivity index is 1.94. The van der Waals surface area contributed by atoms with Crippen molar-refractivity contribution in [3.05, 3.63) is 71.5 Å². The fourth-order valence-electron chi connectivity index (χ4n) is 2.19. The van der Waals surface area contributed by atoms with Crippen molar-refractivity contribution in [2.75, 3.05) is 6.54 Å². The fourth-order valence-corrected chi connectivity index (χ4v) is 2.19. The van der Waals surface area contributed by atoms with Gasteiger partial charge in [0.15, 0.2) is 0 Å². The van der Waals surface area contributed by atoms with Gasteiger partial charge in [-0.15, -0.1) is 0 Å². The molecule has 2 aromatic rings. The van der Waals surface area contributed by atoms with Crippen LogP contribution < -0.4 is 5.32 Å². The number of carbonyl (C=O) groups is 1. The van der Waals surface area contributed by atoms with Gasteiger partial charge in [0.2, 0.25) is 5.91 Å². The minimum absolute atomic E-state index is 0.0670. The maximum absolute atomic E-state index is 13.5. The minimum atomic E-state index is -0.338. The van der Waals surface area contributed by atoms with E-state index in [2.05, 4.69) is 19.2 Å². The number of benzene rings is 2. The number of rotatable bonds is 5. The van der Waals surface area contributed by atoms with Crippen LogP contribution in [-0.2, 0) is 16.6 Å². The normalized spacial score (nSPS) is 11.2. The molecule has 0 aromatic heterocycles. The molecule has 0 saturated heterocycles. The quantitative estimate of drug-likeness (QED) is 0.895. The molecule has 0 atom stereocenters. The molecule has 0 aliphatic heterocycles. The first kappa shape index (κ1) is 15.2. The molecular weight excluding hydrogens is 265 g/mol. The van der Waals surface area contributed by atoms with E-state index in [4.69, 9.17) is 0 Å². The first-order valence-corrected chi connectivity index (χ1v) is 7.05. The molecule has 0 aliphatic carbocycles. The molecule has 0 unspecified atom stereocenters. The van der Waals surface area contributed by atoms with Gasteiger partial charge in [0.25, 0.3) is 0 Å². The van der Waals surface area contributed by atoms with Crippen LogP contribution in [0.5, 0.6) is 0 Å². The molecule has 21 heavy (non-hydrogen) atoms. The summed E-state index contributed by atoms with van der Waals surface area (Å²) in [5.74, 6) is -0.501. The Morgan fingerprint density at radius 3 is 2.33 bits per heavy atom. The van der Waals surface area contributed by atoms with E-state index in [1.165, 1.54) is 6.07 Å². The third-order valence-corrected chi connectivity index (χ3v) is 3.59. The zero-order valence-corrected chi connectivity index (χ0v) is 12.4. The summed E-state index contributed by atoms with van der Waals surface area (Å²) in [6, 6.07) is 16.4. The number of hydrogen-bond donors (Lipinski definition) is 1. The van der Waals surface area contributed by atoms with Gasteiger partial charge in [0, 0.05) is 12.0 Å². The molecule has 110 valence electrons. The number of nitrogens with one attached hydrogen (secondary N) is 1. The van der Waals surface area contributed by atoms with E-state index >= 15 is 0 Å². The molecule has 2 aromatic carbocycles. The third kappa shape index (κ3) is 4.15. The Labute approximate surface area is 125 Å². The SMILES string of the molecule is CC(C)(CNC(=O)Cc1ccccc1F)c1ccccc1. The van der Waals surface area contributed by atoms with Crippen LogP contribution in [0, 0.1) is 5.82 Å². The van der Waals surface area contributed by atoms with E-state index in [0.29, 0.717) is 12.1 Å². The smallest absolute Gasteiger partial charge is 0.224 e. The Morgan fingerprint density at radius 1 is 1.05 bits per heavy atom. The number of halogens is 1. The summed E-state index contributed by atoms with van der Waals surface area (Å²) in [5, 5.41) is 2.89. The first-order valence-electron chi connectivity index (χ1n) is 7.05. The van der Waals surface area contributed by atoms with Gasteiger partial charge in [-0.2, -0.15) is 0 Å². The standard InChI is InChI=1S/C18H20FNO/c1-18(2,15-9-4-3-5-10-15)13-20-17(21)12-14-8-6-7-11-16(14)19/h3-11H,12-13H2,1-2H3,(H,20,21). The molecule has 1 amide bonds. The van der Waals surface area contributed by atoms with Crippen molar-refractivity contribution >= 4 is 5.91 Å². The van der Waals surface area contributed by atoms with Gasteiger partial charge in [-0.3, -0.25) is 4.79 Å². The number of amides is 1. The molecule has 0 fully saturated rings. The van der Waals surface area contributed by atoms with Gasteiger partial charge in [-0.1, -0.05) is 62.4 Å². The molecule has 2 rings (SSSR count). The number of carbonyl (C=O) groups excluding carboxylic acids is 1. The molecule has 3 heteroatoms. The highest BCUT2D eigenvalue weighted by Crippen LogP contribution is 2.21. The van der Waals surface area contributed by atoms with Crippen molar-refractivity contribution in [1.82, 2.24) is 5.32 Å². The Hall–Kier alpha value is -2.16. The highest BCUT2D eigenvalue weighted by molar-refractivity contribution is 5.78. The second-order valence-corrected chi connectivity index (χ2v) is 5.79. The predicted octanol–water partition coefficient (Wildman–Crippen LogP) is 3.46. The second-order valence-electron chi connectivity index (χ2n) is 5.79. The van der Waals surface area contributed by atoms with E-state index in [0.717, 1.165) is 5.56 Å². The lowest BCUT2D eigenvalue weighted by molar-refractivity contribution is -0.120. The molecule has 2 nitrogen and oxygen atoms in total. The molecule has 0 heterocycles. The Morgan fingerprint density at radius 2 is 1.67 bits per heavy atom. The molecule has 0 radical (unpaired) electrons. The summed E-state index contributed by atoms with van der Waals surface area (Å²) >= 11 is 0. The van der Waals surface area contributed by atoms with E-state index in [9.17, 15) is 9.18 Å². The zero-order valence-electron chi connectivity index (χ0n) is 12.4. The monoisotopic (exact) mass is 285 g/mol. The topological polar surface area (TPSA) is 29.1 Å². The highest BCUT2D eigenvalue weighted by atomic mass is 19.1. The van der Waals surface area contributed by atoms with Gasteiger partial charge in [-0.25, -0.2) is 4.39 Å². The van der Waals surface area contributed by atoms with Crippen molar-refractivity contribution in [3.63, 3.8) is 0 Å². The summed E-state index contributed by atoms with van der Waals surface area (Å²) in [6.07, 6.45) is 0.0670. The van der Waals surface area contributed by atoms with Crippen LogP contribution in [0.15, 0.2) is 54.6 Å². The zero-order chi connectivity index (χ0) is 15.3. The lowest BCUT2D eigenvalue weighted by Gasteiger charge is -2.25. The Bertz CT molecular complexity index is 608. The lowest BCUT2D eigenvalue weighted by atomic mass is 9.84. The molecule has 0 saturated carbocycles. The highest BCUT2D eigenvalue weighted by Gasteiger charge is 2.21. The van der Waals surface area contributed by atoms with Crippen LogP contribution in [0.4, 0.5) is 4.39 Å². The van der Waals surface area contributed by atoms with Crippen LogP contribution in [-0.4, -0.2) is 12.5 Å². The molecule has 0 spiro atoms. The van der Waals surface area contributed by atoms with Gasteiger partial charge in [0.1, 0.15) is 5.82 Å². The van der Waals surface area contributed by atoms with Crippen LogP contribution in [0.2, 0.25) is 0 Å². The van der Waals surface area contributed by atoms with Crippen LogP contribution in [0.25, 0.3) is 0 Å². The molecular formula is C18H20FNO. The van der Waals surface area contributed by atoms with Crippen molar-refractivity contribution in [2.45, 2.75) is 25.7 Å². The van der Waals surface area contributed by atoms with Crippen molar-refractivity contribution in [2.24, 2.45) is 0 Å². The van der Waals surface area contributed by atoms with Crippen molar-refractivity contribution in [3.8, 4) is 0 Å². The average Bonchev–Trinajstić information content (AvgIpc) is 2.49. The van der Waals surface area contributed by atoms with Crippen LogP contribution in [0.1, 0.15) is 25.0 Å². The molecule has 0 aliphatic rings. The van der Waals surface area contributed by atoms with Gasteiger partial charge in [-0.05, 0) is 17.2 Å². The van der Waals surface area contributed by atoms with E-state index < -0.39 is 0 Å². The number of hydrogen-bond acceptors (Lipinski definition) is 1. The van der Waals surface area contributed by atoms with E-state index in [1.54, 1.807) is 18.2 Å². The van der Waals surface area contributed by atoms with Gasteiger partial charge in [0.05, 0.1) is 6.42 Å². The lowest BCUT2D eigenvalue weighted by Crippen LogP contribution is -2.37. The third-order valence-electron chi connectivity index (χ3n) is 3.59. The Kier molecular flexibility index (Phi) is 4.73. The van der Waals surface area contributed by atoms with Crippen molar-refractivity contribution in [1.29, 1.82) is 0 Å². The van der Waals surface area contributed by atoms with E-state index in [1.807, 2.05) is 30.3 Å². The van der Waals surface area contributed by atoms with Crippen LogP contribution in [0.3, 0.4) is 0 Å². The fraction of sp³-hybridized carbons (Fsp3) is 0.278. The second kappa shape index (κ2) is 6.53. The summed E-state index contributed by atoms with van der Waals surface area (Å²) < 4.78 is 13.5. The van der Waals surface area contributed by atoms with Crippen molar-refractivity contribution < 1.29 is 9.18 Å². The largest absolute Gasteiger partial charge is 0.355 e. The summed E-state index contributed by atoms with van der Waals surface area (Å²) in [5.41, 5.74) is 1.43.